The Bertz CT molecular complexity index is 1500. The summed E-state index contributed by atoms with van der Waals surface area (Å²) in [5.41, 5.74) is 1.79. The summed E-state index contributed by atoms with van der Waals surface area (Å²) in [6.45, 7) is 5.48. The molecule has 2 aromatic heterocycles. The molecule has 0 aliphatic carbocycles. The molecule has 0 spiro atoms. The lowest BCUT2D eigenvalue weighted by Gasteiger charge is -2.22. The molecule has 0 amide bonds. The maximum absolute atomic E-state index is 12.6. The number of carbonyl (C=O) groups excluding carboxylic acids is 1. The Morgan fingerprint density at radius 1 is 0.848 bits per heavy atom. The number of aromatic amines is 1. The maximum atomic E-state index is 12.6. The predicted molar refractivity (Wildman–Crippen MR) is 193 cm³/mol. The van der Waals surface area contributed by atoms with Gasteiger partial charge in [-0.1, -0.05) is 77.2 Å². The van der Waals surface area contributed by atoms with Crippen molar-refractivity contribution in [1.82, 2.24) is 9.88 Å². The van der Waals surface area contributed by atoms with E-state index in [-0.39, 0.29) is 11.5 Å². The van der Waals surface area contributed by atoms with Gasteiger partial charge in [0, 0.05) is 54.0 Å². The molecule has 0 saturated carbocycles. The van der Waals surface area contributed by atoms with Gasteiger partial charge in [-0.3, -0.25) is 14.5 Å². The molecule has 250 valence electrons. The molecular formula is C38H53N3O4S. The molecule has 4 aromatic rings. The topological polar surface area (TPSA) is 83.7 Å². The largest absolute Gasteiger partial charge is 0.494 e. The second-order valence-electron chi connectivity index (χ2n) is 12.2. The minimum absolute atomic E-state index is 0.102. The number of benzene rings is 2. The number of aromatic nitrogens is 1. The highest BCUT2D eigenvalue weighted by Crippen LogP contribution is 2.27. The molecule has 46 heavy (non-hydrogen) atoms. The molecular weight excluding hydrogens is 595 g/mol. The number of anilines is 1. The summed E-state index contributed by atoms with van der Waals surface area (Å²) < 4.78 is 13.0. The first-order valence-corrected chi connectivity index (χ1v) is 18.3. The first-order chi connectivity index (χ1) is 22.6. The molecule has 4 rings (SSSR count). The highest BCUT2D eigenvalue weighted by molar-refractivity contribution is 7.17. The van der Waals surface area contributed by atoms with Crippen molar-refractivity contribution in [2.75, 3.05) is 38.3 Å². The number of unbranched alkanes of at least 4 members (excludes halogenated alkanes) is 11. The Balaban J connectivity index is 1.15. The number of ether oxygens (including phenoxy) is 2. The lowest BCUT2D eigenvalue weighted by molar-refractivity contribution is -0.148. The lowest BCUT2D eigenvalue weighted by Crippen LogP contribution is -2.33. The molecule has 0 saturated heterocycles. The predicted octanol–water partition coefficient (Wildman–Crippen LogP) is 9.52. The summed E-state index contributed by atoms with van der Waals surface area (Å²) in [5, 5.41) is 7.92. The van der Waals surface area contributed by atoms with Gasteiger partial charge in [0.25, 0.3) is 0 Å². The van der Waals surface area contributed by atoms with Gasteiger partial charge in [-0.25, -0.2) is 0 Å². The summed E-state index contributed by atoms with van der Waals surface area (Å²) in [6.07, 6.45) is 16.2. The molecule has 0 radical (unpaired) electrons. The van der Waals surface area contributed by atoms with Gasteiger partial charge in [-0.2, -0.15) is 0 Å². The lowest BCUT2D eigenvalue weighted by atomic mass is 10.1. The highest BCUT2D eigenvalue weighted by Gasteiger charge is 2.10. The van der Waals surface area contributed by atoms with Crippen LogP contribution in [0.25, 0.3) is 21.0 Å². The number of nitrogens with one attached hydrogen (secondary N) is 2. The van der Waals surface area contributed by atoms with Crippen molar-refractivity contribution in [2.45, 2.75) is 96.8 Å². The van der Waals surface area contributed by atoms with E-state index >= 15 is 0 Å². The summed E-state index contributed by atoms with van der Waals surface area (Å²) in [7, 11) is 0. The molecule has 2 aromatic carbocycles. The van der Waals surface area contributed by atoms with Crippen LogP contribution in [0, 0.1) is 0 Å². The third kappa shape index (κ3) is 12.8. The van der Waals surface area contributed by atoms with Crippen LogP contribution in [0.3, 0.4) is 0 Å². The maximum Gasteiger partial charge on any atom is 0.307 e. The van der Waals surface area contributed by atoms with E-state index in [1.807, 2.05) is 24.3 Å². The number of rotatable bonds is 24. The van der Waals surface area contributed by atoms with Crippen molar-refractivity contribution < 1.29 is 14.3 Å². The molecule has 7 nitrogen and oxygen atoms in total. The zero-order valence-electron chi connectivity index (χ0n) is 27.7. The molecule has 2 heterocycles. The summed E-state index contributed by atoms with van der Waals surface area (Å²) >= 11 is 1.75. The molecule has 2 N–H and O–H groups in total. The van der Waals surface area contributed by atoms with Crippen LogP contribution < -0.4 is 15.6 Å². The first-order valence-electron chi connectivity index (χ1n) is 17.5. The molecule has 0 unspecified atom stereocenters. The molecule has 0 fully saturated rings. The third-order valence-electron chi connectivity index (χ3n) is 8.47. The standard InChI is InChI=1S/C38H53N3O4S/c1-2-3-4-5-6-7-8-9-10-11-12-18-38(43)45-30-41(26-24-39-34-16-15-17-36-33(34)23-28-46-36)25-13-14-27-44-32-21-19-31-20-22-37(42)40-35(31)29-32/h15-17,19-23,28-29,39H,2-14,18,24-27,30H2,1H3,(H,40,42). The number of hydrogen-bond donors (Lipinski definition) is 2. The Morgan fingerprint density at radius 3 is 2.41 bits per heavy atom. The van der Waals surface area contributed by atoms with E-state index in [2.05, 4.69) is 51.8 Å². The molecule has 0 atom stereocenters. The van der Waals surface area contributed by atoms with E-state index in [1.165, 1.54) is 73.9 Å². The smallest absolute Gasteiger partial charge is 0.307 e. The van der Waals surface area contributed by atoms with Crippen LogP contribution in [-0.2, 0) is 9.53 Å². The van der Waals surface area contributed by atoms with Crippen LogP contribution in [0.1, 0.15) is 96.8 Å². The molecule has 0 bridgehead atoms. The Hall–Kier alpha value is -3.36. The minimum atomic E-state index is -0.120. The number of H-pyrrole nitrogens is 1. The van der Waals surface area contributed by atoms with E-state index in [1.54, 1.807) is 11.3 Å². The summed E-state index contributed by atoms with van der Waals surface area (Å²) in [5.74, 6) is 0.643. The van der Waals surface area contributed by atoms with Gasteiger partial charge in [0.1, 0.15) is 12.5 Å². The van der Waals surface area contributed by atoms with Crippen molar-refractivity contribution >= 4 is 44.0 Å². The average molecular weight is 648 g/mol. The molecule has 0 aliphatic rings. The van der Waals surface area contributed by atoms with Crippen LogP contribution in [-0.4, -0.2) is 48.8 Å². The Kier molecular flexibility index (Phi) is 16.0. The van der Waals surface area contributed by atoms with Gasteiger partial charge >= 0.3 is 5.97 Å². The normalized spacial score (nSPS) is 11.4. The first kappa shape index (κ1) is 35.5. The second-order valence-corrected chi connectivity index (χ2v) is 13.2. The van der Waals surface area contributed by atoms with Crippen molar-refractivity contribution in [2.24, 2.45) is 0 Å². The number of esters is 1. The SMILES string of the molecule is CCCCCCCCCCCCCC(=O)OCN(CCCCOc1ccc2ccc(=O)[nH]c2c1)CCNc1cccc2sccc12. The fourth-order valence-electron chi connectivity index (χ4n) is 5.75. The van der Waals surface area contributed by atoms with Crippen molar-refractivity contribution in [1.29, 1.82) is 0 Å². The Labute approximate surface area is 278 Å². The van der Waals surface area contributed by atoms with Crippen molar-refractivity contribution in [3.8, 4) is 5.75 Å². The average Bonchev–Trinajstić information content (AvgIpc) is 3.55. The number of nitrogens with zero attached hydrogens (tertiary/aromatic N) is 1. The molecule has 8 heteroatoms. The van der Waals surface area contributed by atoms with E-state index in [0.717, 1.165) is 67.7 Å². The zero-order valence-corrected chi connectivity index (χ0v) is 28.5. The number of carbonyl (C=O) groups is 1. The monoisotopic (exact) mass is 647 g/mol. The molecule has 0 aliphatic heterocycles. The van der Waals surface area contributed by atoms with E-state index in [4.69, 9.17) is 9.47 Å². The Morgan fingerprint density at radius 2 is 1.61 bits per heavy atom. The number of pyridine rings is 1. The third-order valence-corrected chi connectivity index (χ3v) is 9.35. The van der Waals surface area contributed by atoms with Crippen LogP contribution in [0.4, 0.5) is 5.69 Å². The van der Waals surface area contributed by atoms with Gasteiger partial charge in [-0.15, -0.1) is 11.3 Å². The van der Waals surface area contributed by atoms with Gasteiger partial charge < -0.3 is 19.8 Å². The van der Waals surface area contributed by atoms with E-state index in [0.29, 0.717) is 19.8 Å². The minimum Gasteiger partial charge on any atom is -0.494 e. The van der Waals surface area contributed by atoms with Gasteiger partial charge in [0.05, 0.1) is 12.1 Å². The summed E-state index contributed by atoms with van der Waals surface area (Å²) in [6, 6.07) is 17.6. The fourth-order valence-corrected chi connectivity index (χ4v) is 6.57. The van der Waals surface area contributed by atoms with Crippen LogP contribution in [0.15, 0.2) is 64.8 Å². The van der Waals surface area contributed by atoms with Crippen LogP contribution in [0.2, 0.25) is 0 Å². The van der Waals surface area contributed by atoms with Crippen molar-refractivity contribution in [3.63, 3.8) is 0 Å². The van der Waals surface area contributed by atoms with E-state index < -0.39 is 0 Å². The summed E-state index contributed by atoms with van der Waals surface area (Å²) in [4.78, 5) is 29.3. The van der Waals surface area contributed by atoms with E-state index in [9.17, 15) is 9.59 Å². The van der Waals surface area contributed by atoms with Gasteiger partial charge in [0.15, 0.2) is 0 Å². The highest BCUT2D eigenvalue weighted by atomic mass is 32.1. The van der Waals surface area contributed by atoms with Gasteiger partial charge in [-0.05, 0) is 66.4 Å². The van der Waals surface area contributed by atoms with Crippen LogP contribution >= 0.6 is 11.3 Å². The van der Waals surface area contributed by atoms with Crippen molar-refractivity contribution in [3.05, 3.63) is 70.3 Å². The quantitative estimate of drug-likeness (QED) is 0.0448. The number of thiophene rings is 1. The number of hydrogen-bond acceptors (Lipinski definition) is 7. The second kappa shape index (κ2) is 20.7. The van der Waals surface area contributed by atoms with Gasteiger partial charge in [0.2, 0.25) is 5.56 Å². The van der Waals surface area contributed by atoms with Crippen LogP contribution in [0.5, 0.6) is 5.75 Å². The fraction of sp³-hybridized carbons (Fsp3) is 0.526. The number of fused-ring (bicyclic) bond motifs is 2. The zero-order chi connectivity index (χ0) is 32.2.